The molecule has 0 spiro atoms. The van der Waals surface area contributed by atoms with Crippen molar-refractivity contribution < 1.29 is 9.30 Å². The number of ether oxygens (including phenoxy) is 1. The smallest absolute Gasteiger partial charge is 0.269 e. The standard InChI is InChI=1S/C53H34N4O/c1-34-22-29-48-50(30-34)55(37-14-3-2-4-15-37)33-56(48)38-16-11-17-39(31-38)58-40-25-27-44-43-20-9-10-21-47(43)57(49(44)32-40)53-45-26-23-35-12-5-7-18-41(35)51(45)52-42-19-8-6-13-36(42)24-28-46(52)54-53/h2-32H,1H3. The van der Waals surface area contributed by atoms with Gasteiger partial charge in [0.15, 0.2) is 0 Å². The lowest BCUT2D eigenvalue weighted by Gasteiger charge is -2.16. The molecule has 272 valence electrons. The van der Waals surface area contributed by atoms with Crippen molar-refractivity contribution >= 4 is 76.1 Å². The lowest BCUT2D eigenvalue weighted by molar-refractivity contribution is -0.572. The van der Waals surface area contributed by atoms with Crippen LogP contribution in [-0.4, -0.2) is 14.1 Å². The quantitative estimate of drug-likeness (QED) is 0.1000. The SMILES string of the molecule is Cc1ccc2c(c1)[n+](-c1ccccc1)[c-]n2-c1cccc(Oc2ccc3c4ccccc4n(-c4nc5ccc6ccccc6c5c5c4ccc4ccccc45)c3c2)c1. The van der Waals surface area contributed by atoms with E-state index in [1.165, 1.54) is 37.9 Å². The summed E-state index contributed by atoms with van der Waals surface area (Å²) in [6.07, 6.45) is 3.62. The molecule has 0 aliphatic rings. The molecule has 0 aliphatic carbocycles. The molecular weight excluding hydrogens is 709 g/mol. The Morgan fingerprint density at radius 1 is 0.500 bits per heavy atom. The molecule has 12 aromatic rings. The molecule has 0 amide bonds. The van der Waals surface area contributed by atoms with Gasteiger partial charge in [0.05, 0.1) is 39.0 Å². The van der Waals surface area contributed by atoms with Crippen LogP contribution in [-0.2, 0) is 0 Å². The third kappa shape index (κ3) is 4.97. The number of aryl methyl sites for hydroxylation is 1. The van der Waals surface area contributed by atoms with Crippen LogP contribution in [0.15, 0.2) is 188 Å². The number of para-hydroxylation sites is 2. The Morgan fingerprint density at radius 3 is 2.03 bits per heavy atom. The van der Waals surface area contributed by atoms with Crippen molar-refractivity contribution in [3.63, 3.8) is 0 Å². The van der Waals surface area contributed by atoms with E-state index in [4.69, 9.17) is 9.72 Å². The maximum atomic E-state index is 6.75. The molecule has 9 aromatic carbocycles. The summed E-state index contributed by atoms with van der Waals surface area (Å²) in [6, 6.07) is 66.3. The second kappa shape index (κ2) is 12.6. The van der Waals surface area contributed by atoms with E-state index in [1.54, 1.807) is 0 Å². The number of aromatic nitrogens is 4. The zero-order valence-electron chi connectivity index (χ0n) is 31.6. The van der Waals surface area contributed by atoms with Crippen LogP contribution in [0.3, 0.4) is 0 Å². The maximum absolute atomic E-state index is 6.75. The van der Waals surface area contributed by atoms with Crippen LogP contribution in [0.4, 0.5) is 0 Å². The Hall–Kier alpha value is -7.76. The summed E-state index contributed by atoms with van der Waals surface area (Å²) in [5.41, 5.74) is 8.45. The predicted molar refractivity (Wildman–Crippen MR) is 237 cm³/mol. The van der Waals surface area contributed by atoms with Crippen molar-refractivity contribution in [1.82, 2.24) is 14.1 Å². The largest absolute Gasteiger partial charge is 0.458 e. The first-order chi connectivity index (χ1) is 28.7. The van der Waals surface area contributed by atoms with Crippen molar-refractivity contribution in [1.29, 1.82) is 0 Å². The highest BCUT2D eigenvalue weighted by atomic mass is 16.5. The van der Waals surface area contributed by atoms with Gasteiger partial charge < -0.3 is 4.74 Å². The zero-order valence-corrected chi connectivity index (χ0v) is 31.6. The summed E-state index contributed by atoms with van der Waals surface area (Å²) < 4.78 is 13.3. The lowest BCUT2D eigenvalue weighted by Crippen LogP contribution is -2.29. The average Bonchev–Trinajstić information content (AvgIpc) is 3.81. The first-order valence-electron chi connectivity index (χ1n) is 19.6. The molecule has 3 aromatic heterocycles. The first-order valence-corrected chi connectivity index (χ1v) is 19.6. The second-order valence-electron chi connectivity index (χ2n) is 15.1. The fourth-order valence-corrected chi connectivity index (χ4v) is 8.93. The van der Waals surface area contributed by atoms with E-state index < -0.39 is 0 Å². The normalized spacial score (nSPS) is 11.9. The summed E-state index contributed by atoms with van der Waals surface area (Å²) in [5.74, 6) is 2.37. The number of fused-ring (bicyclic) bond motifs is 11. The molecule has 0 N–H and O–H groups in total. The van der Waals surface area contributed by atoms with Gasteiger partial charge >= 0.3 is 0 Å². The topological polar surface area (TPSA) is 35.9 Å². The van der Waals surface area contributed by atoms with Gasteiger partial charge in [-0.1, -0.05) is 121 Å². The van der Waals surface area contributed by atoms with Gasteiger partial charge in [-0.05, 0) is 95.2 Å². The molecule has 0 atom stereocenters. The van der Waals surface area contributed by atoms with Crippen LogP contribution in [0.5, 0.6) is 11.5 Å². The van der Waals surface area contributed by atoms with Crippen molar-refractivity contribution in [2.75, 3.05) is 0 Å². The van der Waals surface area contributed by atoms with Crippen LogP contribution < -0.4 is 9.30 Å². The van der Waals surface area contributed by atoms with Gasteiger partial charge in [0.1, 0.15) is 17.3 Å². The van der Waals surface area contributed by atoms with Crippen molar-refractivity contribution in [2.24, 2.45) is 0 Å². The van der Waals surface area contributed by atoms with Crippen LogP contribution in [0, 0.1) is 13.3 Å². The van der Waals surface area contributed by atoms with E-state index >= 15 is 0 Å². The van der Waals surface area contributed by atoms with E-state index in [0.29, 0.717) is 0 Å². The van der Waals surface area contributed by atoms with E-state index in [0.717, 1.165) is 72.4 Å². The summed E-state index contributed by atoms with van der Waals surface area (Å²) in [7, 11) is 0. The summed E-state index contributed by atoms with van der Waals surface area (Å²) in [4.78, 5) is 5.53. The summed E-state index contributed by atoms with van der Waals surface area (Å²) in [6.45, 7) is 2.12. The molecule has 3 heterocycles. The Kier molecular flexibility index (Phi) is 7.07. The summed E-state index contributed by atoms with van der Waals surface area (Å²) in [5, 5.41) is 10.6. The van der Waals surface area contributed by atoms with Crippen molar-refractivity contribution in [3.8, 4) is 28.7 Å². The molecule has 0 fully saturated rings. The van der Waals surface area contributed by atoms with E-state index in [-0.39, 0.29) is 0 Å². The minimum Gasteiger partial charge on any atom is -0.458 e. The van der Waals surface area contributed by atoms with Crippen molar-refractivity contribution in [2.45, 2.75) is 6.92 Å². The minimum absolute atomic E-state index is 0.737. The Balaban J connectivity index is 1.04. The third-order valence-corrected chi connectivity index (χ3v) is 11.5. The molecule has 0 bridgehead atoms. The van der Waals surface area contributed by atoms with E-state index in [2.05, 4.69) is 197 Å². The summed E-state index contributed by atoms with van der Waals surface area (Å²) >= 11 is 0. The molecule has 0 aliphatic heterocycles. The van der Waals surface area contributed by atoms with Gasteiger partial charge in [0.2, 0.25) is 0 Å². The predicted octanol–water partition coefficient (Wildman–Crippen LogP) is 12.9. The fraction of sp³-hybridized carbons (Fsp3) is 0.0189. The highest BCUT2D eigenvalue weighted by molar-refractivity contribution is 6.28. The number of imidazole rings is 1. The van der Waals surface area contributed by atoms with E-state index in [9.17, 15) is 0 Å². The molecule has 58 heavy (non-hydrogen) atoms. The lowest BCUT2D eigenvalue weighted by atomic mass is 9.95. The first kappa shape index (κ1) is 32.5. The van der Waals surface area contributed by atoms with Gasteiger partial charge in [-0.2, -0.15) is 0 Å². The van der Waals surface area contributed by atoms with Crippen LogP contribution in [0.2, 0.25) is 0 Å². The molecular formula is C53H34N4O. The highest BCUT2D eigenvalue weighted by Gasteiger charge is 2.20. The van der Waals surface area contributed by atoms with Gasteiger partial charge in [-0.3, -0.25) is 13.7 Å². The zero-order chi connectivity index (χ0) is 38.3. The highest BCUT2D eigenvalue weighted by Crippen LogP contribution is 2.42. The Morgan fingerprint density at radius 2 is 1.19 bits per heavy atom. The number of pyridine rings is 1. The number of benzene rings is 9. The molecule has 0 saturated heterocycles. The van der Waals surface area contributed by atoms with Gasteiger partial charge in [-0.15, -0.1) is 0 Å². The average molecular weight is 743 g/mol. The Bertz CT molecular complexity index is 3620. The molecule has 0 radical (unpaired) electrons. The molecule has 5 nitrogen and oxygen atoms in total. The van der Waals surface area contributed by atoms with Crippen LogP contribution in [0.1, 0.15) is 5.56 Å². The monoisotopic (exact) mass is 742 g/mol. The fourth-order valence-electron chi connectivity index (χ4n) is 8.93. The number of hydrogen-bond donors (Lipinski definition) is 0. The van der Waals surface area contributed by atoms with Gasteiger partial charge in [0, 0.05) is 33.0 Å². The van der Waals surface area contributed by atoms with E-state index in [1.807, 2.05) is 18.2 Å². The number of nitrogens with zero attached hydrogens (tertiary/aromatic N) is 4. The maximum Gasteiger partial charge on any atom is 0.269 e. The van der Waals surface area contributed by atoms with Crippen LogP contribution >= 0.6 is 0 Å². The molecule has 0 saturated carbocycles. The van der Waals surface area contributed by atoms with Crippen molar-refractivity contribution in [3.05, 3.63) is 200 Å². The van der Waals surface area contributed by atoms with Gasteiger partial charge in [0.25, 0.3) is 6.33 Å². The van der Waals surface area contributed by atoms with Crippen LogP contribution in [0.25, 0.3) is 93.3 Å². The molecule has 0 unspecified atom stereocenters. The third-order valence-electron chi connectivity index (χ3n) is 11.5. The number of rotatable bonds is 5. The Labute approximate surface area is 333 Å². The second-order valence-corrected chi connectivity index (χ2v) is 15.1. The number of hydrogen-bond acceptors (Lipinski definition) is 2. The molecule has 12 rings (SSSR count). The molecule has 5 heteroatoms. The minimum atomic E-state index is 0.737. The van der Waals surface area contributed by atoms with Gasteiger partial charge in [-0.25, -0.2) is 4.98 Å².